The van der Waals surface area contributed by atoms with Crippen LogP contribution in [-0.4, -0.2) is 63.4 Å². The standard InChI is InChI=1S/C16H28N4O2/c1-12-4-6-16(21,7-5-12)11-20-8-13(15(10-20)22-3)14-9-19(2)18-17-14/h9,12-13,15,21H,4-8,10-11H2,1-3H3/t12?,13-,15+,16?/m0/s1. The fourth-order valence-corrected chi connectivity index (χ4v) is 3.91. The summed E-state index contributed by atoms with van der Waals surface area (Å²) in [5, 5.41) is 19.1. The molecule has 2 aliphatic rings. The second-order valence-electron chi connectivity index (χ2n) is 7.30. The zero-order valence-electron chi connectivity index (χ0n) is 13.9. The Kier molecular flexibility index (Phi) is 4.52. The van der Waals surface area contributed by atoms with Gasteiger partial charge in [-0.05, 0) is 31.6 Å². The molecule has 0 radical (unpaired) electrons. The van der Waals surface area contributed by atoms with Gasteiger partial charge in [-0.3, -0.25) is 9.58 Å². The third kappa shape index (κ3) is 3.34. The summed E-state index contributed by atoms with van der Waals surface area (Å²) in [6, 6.07) is 0. The lowest BCUT2D eigenvalue weighted by Gasteiger charge is -2.37. The van der Waals surface area contributed by atoms with Crippen LogP contribution in [0.25, 0.3) is 0 Å². The van der Waals surface area contributed by atoms with Gasteiger partial charge in [0, 0.05) is 45.9 Å². The van der Waals surface area contributed by atoms with Gasteiger partial charge in [-0.2, -0.15) is 0 Å². The summed E-state index contributed by atoms with van der Waals surface area (Å²) in [5.74, 6) is 0.989. The molecular weight excluding hydrogens is 280 g/mol. The van der Waals surface area contributed by atoms with Gasteiger partial charge in [-0.25, -0.2) is 0 Å². The molecule has 0 bridgehead atoms. The molecule has 1 N–H and O–H groups in total. The van der Waals surface area contributed by atoms with E-state index in [2.05, 4.69) is 22.1 Å². The lowest BCUT2D eigenvalue weighted by Crippen LogP contribution is -2.45. The van der Waals surface area contributed by atoms with Crippen LogP contribution in [0.1, 0.15) is 44.2 Å². The first-order valence-electron chi connectivity index (χ1n) is 8.33. The number of likely N-dealkylation sites (tertiary alicyclic amines) is 1. The predicted molar refractivity (Wildman–Crippen MR) is 83.6 cm³/mol. The van der Waals surface area contributed by atoms with E-state index in [1.165, 1.54) is 0 Å². The maximum atomic E-state index is 10.9. The fourth-order valence-electron chi connectivity index (χ4n) is 3.91. The van der Waals surface area contributed by atoms with Crippen LogP contribution in [0, 0.1) is 5.92 Å². The third-order valence-electron chi connectivity index (χ3n) is 5.37. The van der Waals surface area contributed by atoms with Gasteiger partial charge >= 0.3 is 0 Å². The Hall–Kier alpha value is -0.980. The molecule has 1 saturated carbocycles. The van der Waals surface area contributed by atoms with E-state index < -0.39 is 5.60 Å². The molecule has 22 heavy (non-hydrogen) atoms. The first-order chi connectivity index (χ1) is 10.5. The van der Waals surface area contributed by atoms with E-state index in [0.29, 0.717) is 0 Å². The number of aliphatic hydroxyl groups is 1. The molecule has 0 unspecified atom stereocenters. The average molecular weight is 308 g/mol. The van der Waals surface area contributed by atoms with Crippen molar-refractivity contribution in [2.24, 2.45) is 13.0 Å². The summed E-state index contributed by atoms with van der Waals surface area (Å²) in [6.07, 6.45) is 6.19. The van der Waals surface area contributed by atoms with Gasteiger partial charge < -0.3 is 9.84 Å². The second kappa shape index (κ2) is 6.26. The Bertz CT molecular complexity index is 496. The van der Waals surface area contributed by atoms with Crippen molar-refractivity contribution in [1.29, 1.82) is 0 Å². The van der Waals surface area contributed by atoms with Crippen LogP contribution >= 0.6 is 0 Å². The Balaban J connectivity index is 1.64. The smallest absolute Gasteiger partial charge is 0.0897 e. The molecule has 124 valence electrons. The molecule has 2 fully saturated rings. The maximum absolute atomic E-state index is 10.9. The second-order valence-corrected chi connectivity index (χ2v) is 7.30. The molecule has 0 spiro atoms. The van der Waals surface area contributed by atoms with E-state index in [1.54, 1.807) is 11.8 Å². The highest BCUT2D eigenvalue weighted by molar-refractivity contribution is 5.10. The van der Waals surface area contributed by atoms with Crippen LogP contribution in [0.5, 0.6) is 0 Å². The van der Waals surface area contributed by atoms with Gasteiger partial charge in [0.15, 0.2) is 0 Å². The highest BCUT2D eigenvalue weighted by Gasteiger charge is 2.40. The summed E-state index contributed by atoms with van der Waals surface area (Å²) in [7, 11) is 3.64. The number of aromatic nitrogens is 3. The minimum absolute atomic E-state index is 0.128. The van der Waals surface area contributed by atoms with E-state index in [-0.39, 0.29) is 12.0 Å². The van der Waals surface area contributed by atoms with Crippen LogP contribution in [0.2, 0.25) is 0 Å². The fraction of sp³-hybridized carbons (Fsp3) is 0.875. The largest absolute Gasteiger partial charge is 0.389 e. The van der Waals surface area contributed by atoms with Crippen LogP contribution in [0.15, 0.2) is 6.20 Å². The predicted octanol–water partition coefficient (Wildman–Crippen LogP) is 1.17. The normalized spacial score (nSPS) is 36.8. The highest BCUT2D eigenvalue weighted by Crippen LogP contribution is 2.35. The molecule has 1 aliphatic heterocycles. The topological polar surface area (TPSA) is 63.4 Å². The van der Waals surface area contributed by atoms with Crippen molar-refractivity contribution in [2.45, 2.75) is 50.2 Å². The number of nitrogens with zero attached hydrogens (tertiary/aromatic N) is 4. The van der Waals surface area contributed by atoms with Crippen molar-refractivity contribution in [3.05, 3.63) is 11.9 Å². The number of hydrogen-bond acceptors (Lipinski definition) is 5. The van der Waals surface area contributed by atoms with Gasteiger partial charge in [0.25, 0.3) is 0 Å². The third-order valence-corrected chi connectivity index (χ3v) is 5.37. The summed E-state index contributed by atoms with van der Waals surface area (Å²) >= 11 is 0. The summed E-state index contributed by atoms with van der Waals surface area (Å²) < 4.78 is 7.39. The number of aryl methyl sites for hydroxylation is 1. The Morgan fingerprint density at radius 2 is 2.09 bits per heavy atom. The molecule has 3 rings (SSSR count). The van der Waals surface area contributed by atoms with E-state index in [0.717, 1.165) is 56.9 Å². The summed E-state index contributed by atoms with van der Waals surface area (Å²) in [5.41, 5.74) is 0.461. The number of ether oxygens (including phenoxy) is 1. The monoisotopic (exact) mass is 308 g/mol. The van der Waals surface area contributed by atoms with E-state index >= 15 is 0 Å². The van der Waals surface area contributed by atoms with Gasteiger partial charge in [-0.1, -0.05) is 12.1 Å². The summed E-state index contributed by atoms with van der Waals surface area (Å²) in [6.45, 7) is 4.77. The molecule has 2 atom stereocenters. The molecule has 6 heteroatoms. The lowest BCUT2D eigenvalue weighted by atomic mass is 9.79. The molecule has 1 aromatic heterocycles. The van der Waals surface area contributed by atoms with Crippen molar-refractivity contribution < 1.29 is 9.84 Å². The van der Waals surface area contributed by atoms with Crippen molar-refractivity contribution in [3.63, 3.8) is 0 Å². The lowest BCUT2D eigenvalue weighted by molar-refractivity contribution is -0.0331. The van der Waals surface area contributed by atoms with Crippen LogP contribution < -0.4 is 0 Å². The van der Waals surface area contributed by atoms with Crippen LogP contribution in [0.3, 0.4) is 0 Å². The van der Waals surface area contributed by atoms with E-state index in [9.17, 15) is 5.11 Å². The zero-order valence-corrected chi connectivity index (χ0v) is 13.9. The van der Waals surface area contributed by atoms with Crippen LogP contribution in [0.4, 0.5) is 0 Å². The molecule has 6 nitrogen and oxygen atoms in total. The molecular formula is C16H28N4O2. The average Bonchev–Trinajstić information content (AvgIpc) is 3.08. The minimum Gasteiger partial charge on any atom is -0.389 e. The first-order valence-corrected chi connectivity index (χ1v) is 8.33. The first kappa shape index (κ1) is 15.9. The van der Waals surface area contributed by atoms with Gasteiger partial charge in [0.2, 0.25) is 0 Å². The van der Waals surface area contributed by atoms with Crippen molar-refractivity contribution in [1.82, 2.24) is 19.9 Å². The van der Waals surface area contributed by atoms with Gasteiger partial charge in [0.1, 0.15) is 0 Å². The summed E-state index contributed by atoms with van der Waals surface area (Å²) in [4.78, 5) is 2.34. The van der Waals surface area contributed by atoms with Crippen LogP contribution in [-0.2, 0) is 11.8 Å². The number of hydrogen-bond donors (Lipinski definition) is 1. The molecule has 1 aromatic rings. The molecule has 2 heterocycles. The Morgan fingerprint density at radius 1 is 1.36 bits per heavy atom. The number of methoxy groups -OCH3 is 1. The van der Waals surface area contributed by atoms with Crippen molar-refractivity contribution >= 4 is 0 Å². The van der Waals surface area contributed by atoms with Gasteiger partial charge in [0.05, 0.1) is 17.4 Å². The molecule has 0 aromatic carbocycles. The number of rotatable bonds is 4. The zero-order chi connectivity index (χ0) is 15.7. The molecule has 1 saturated heterocycles. The Morgan fingerprint density at radius 3 is 2.68 bits per heavy atom. The maximum Gasteiger partial charge on any atom is 0.0897 e. The highest BCUT2D eigenvalue weighted by atomic mass is 16.5. The SMILES string of the molecule is CO[C@@H]1CN(CC2(O)CCC(C)CC2)C[C@H]1c1cn(C)nn1. The van der Waals surface area contributed by atoms with E-state index in [1.807, 2.05) is 13.2 Å². The molecule has 0 amide bonds. The molecule has 1 aliphatic carbocycles. The quantitative estimate of drug-likeness (QED) is 0.904. The van der Waals surface area contributed by atoms with E-state index in [4.69, 9.17) is 4.74 Å². The van der Waals surface area contributed by atoms with Crippen molar-refractivity contribution in [2.75, 3.05) is 26.7 Å². The minimum atomic E-state index is -0.526. The van der Waals surface area contributed by atoms with Crippen molar-refractivity contribution in [3.8, 4) is 0 Å². The van der Waals surface area contributed by atoms with Gasteiger partial charge in [-0.15, -0.1) is 5.10 Å². The Labute approximate surface area is 132 Å². The number of β-amino-alcohol motifs (C(OH)–C–C–N with tert-alkyl or cyclic N) is 1.